The van der Waals surface area contributed by atoms with Gasteiger partial charge in [-0.15, -0.1) is 0 Å². The molecule has 0 aliphatic heterocycles. The van der Waals surface area contributed by atoms with Gasteiger partial charge in [-0.25, -0.2) is 9.59 Å². The summed E-state index contributed by atoms with van der Waals surface area (Å²) in [5, 5.41) is 20.8. The van der Waals surface area contributed by atoms with E-state index in [-0.39, 0.29) is 17.1 Å². The minimum atomic E-state index is -1.23. The molecule has 0 aliphatic carbocycles. The van der Waals surface area contributed by atoms with Gasteiger partial charge in [-0.05, 0) is 24.3 Å². The molecule has 0 heterocycles. The van der Waals surface area contributed by atoms with Gasteiger partial charge in [0.2, 0.25) is 0 Å². The van der Waals surface area contributed by atoms with Crippen LogP contribution in [-0.2, 0) is 0 Å². The molecule has 7 nitrogen and oxygen atoms in total. The topological polar surface area (TPSA) is 99.1 Å². The highest BCUT2D eigenvalue weighted by Crippen LogP contribution is 2.19. The number of carboxylic acid groups (broad SMARTS) is 1. The zero-order chi connectivity index (χ0) is 15.2. The monoisotopic (exact) mass is 288 g/mol. The Labute approximate surface area is 120 Å². The molecule has 3 N–H and O–H groups in total. The lowest BCUT2D eigenvalue weighted by Crippen LogP contribution is -2.30. The number of hydrogen-bond acceptors (Lipinski definition) is 4. The van der Waals surface area contributed by atoms with Crippen molar-refractivity contribution in [3.63, 3.8) is 0 Å². The minimum absolute atomic E-state index is 0.0984. The highest BCUT2D eigenvalue weighted by Gasteiger charge is 2.15. The summed E-state index contributed by atoms with van der Waals surface area (Å²) in [6.45, 7) is 0. The zero-order valence-electron chi connectivity index (χ0n) is 10.8. The van der Waals surface area contributed by atoms with Crippen LogP contribution < -0.4 is 15.1 Å². The van der Waals surface area contributed by atoms with Crippen LogP contribution in [-0.4, -0.2) is 22.5 Å². The van der Waals surface area contributed by atoms with Gasteiger partial charge in [-0.2, -0.15) is 5.06 Å². The van der Waals surface area contributed by atoms with Crippen molar-refractivity contribution in [1.82, 2.24) is 0 Å². The molecule has 0 radical (unpaired) electrons. The van der Waals surface area contributed by atoms with Crippen LogP contribution in [0.5, 0.6) is 5.75 Å². The van der Waals surface area contributed by atoms with E-state index in [0.29, 0.717) is 5.06 Å². The molecule has 0 fully saturated rings. The second-order valence-electron chi connectivity index (χ2n) is 3.97. The van der Waals surface area contributed by atoms with Gasteiger partial charge in [0.1, 0.15) is 5.75 Å². The summed E-state index contributed by atoms with van der Waals surface area (Å²) in [5.41, 5.74) is 0.499. The van der Waals surface area contributed by atoms with Gasteiger partial charge in [0.25, 0.3) is 0 Å². The lowest BCUT2D eigenvalue weighted by Gasteiger charge is -2.14. The first-order valence-corrected chi connectivity index (χ1v) is 5.92. The summed E-state index contributed by atoms with van der Waals surface area (Å²) in [7, 11) is 0. The van der Waals surface area contributed by atoms with Gasteiger partial charge in [0.15, 0.2) is 0 Å². The SMILES string of the molecule is O=C(O)Nc1cccc(OC(=O)N(O)c2ccccc2)c1. The fourth-order valence-electron chi connectivity index (χ4n) is 1.58. The molecule has 0 spiro atoms. The number of anilines is 2. The first-order valence-electron chi connectivity index (χ1n) is 5.92. The number of nitrogens with zero attached hydrogens (tertiary/aromatic N) is 1. The first-order chi connectivity index (χ1) is 10.1. The Balaban J connectivity index is 2.07. The van der Waals surface area contributed by atoms with Crippen LogP contribution in [0.1, 0.15) is 0 Å². The number of carbonyl (C=O) groups is 2. The van der Waals surface area contributed by atoms with Crippen molar-refractivity contribution < 1.29 is 24.6 Å². The number of benzene rings is 2. The van der Waals surface area contributed by atoms with E-state index in [2.05, 4.69) is 5.32 Å². The van der Waals surface area contributed by atoms with E-state index in [9.17, 15) is 14.8 Å². The lowest BCUT2D eigenvalue weighted by atomic mass is 10.3. The van der Waals surface area contributed by atoms with E-state index in [1.807, 2.05) is 0 Å². The van der Waals surface area contributed by atoms with Crippen LogP contribution in [0.15, 0.2) is 54.6 Å². The van der Waals surface area contributed by atoms with Crippen LogP contribution in [0.2, 0.25) is 0 Å². The van der Waals surface area contributed by atoms with Crippen molar-refractivity contribution in [2.75, 3.05) is 10.4 Å². The summed E-state index contributed by atoms with van der Waals surface area (Å²) in [6.07, 6.45) is -2.24. The Morgan fingerprint density at radius 3 is 2.43 bits per heavy atom. The summed E-state index contributed by atoms with van der Waals surface area (Å²) < 4.78 is 4.96. The van der Waals surface area contributed by atoms with Crippen molar-refractivity contribution in [2.24, 2.45) is 0 Å². The molecule has 21 heavy (non-hydrogen) atoms. The number of hydroxylamine groups is 1. The molecule has 0 unspecified atom stereocenters. The normalized spacial score (nSPS) is 9.76. The fraction of sp³-hybridized carbons (Fsp3) is 0. The van der Waals surface area contributed by atoms with Crippen LogP contribution in [0.25, 0.3) is 0 Å². The molecule has 2 aromatic carbocycles. The van der Waals surface area contributed by atoms with Crippen molar-refractivity contribution in [1.29, 1.82) is 0 Å². The van der Waals surface area contributed by atoms with E-state index >= 15 is 0 Å². The Morgan fingerprint density at radius 2 is 1.76 bits per heavy atom. The van der Waals surface area contributed by atoms with E-state index < -0.39 is 12.2 Å². The maximum absolute atomic E-state index is 11.8. The maximum atomic E-state index is 11.8. The molecule has 2 amide bonds. The van der Waals surface area contributed by atoms with E-state index in [1.165, 1.54) is 36.4 Å². The van der Waals surface area contributed by atoms with Crippen LogP contribution >= 0.6 is 0 Å². The van der Waals surface area contributed by atoms with Gasteiger partial charge < -0.3 is 9.84 Å². The van der Waals surface area contributed by atoms with E-state index in [0.717, 1.165) is 0 Å². The average molecular weight is 288 g/mol. The number of carbonyl (C=O) groups excluding carboxylic acids is 1. The molecule has 0 aromatic heterocycles. The third-order valence-electron chi connectivity index (χ3n) is 2.46. The number of ether oxygens (including phenoxy) is 1. The van der Waals surface area contributed by atoms with Crippen molar-refractivity contribution in [3.05, 3.63) is 54.6 Å². The number of para-hydroxylation sites is 1. The van der Waals surface area contributed by atoms with Gasteiger partial charge in [-0.3, -0.25) is 10.5 Å². The number of hydrogen-bond donors (Lipinski definition) is 3. The standard InChI is InChI=1S/C14H12N2O5/c17-13(18)15-10-5-4-8-12(9-10)21-14(19)16(20)11-6-2-1-3-7-11/h1-9,15,20H,(H,17,18). The number of rotatable bonds is 3. The number of nitrogens with one attached hydrogen (secondary N) is 1. The van der Waals surface area contributed by atoms with Crippen LogP contribution in [0.3, 0.4) is 0 Å². The third kappa shape index (κ3) is 3.95. The molecule has 108 valence electrons. The predicted octanol–water partition coefficient (Wildman–Crippen LogP) is 3.17. The summed E-state index contributed by atoms with van der Waals surface area (Å²) in [6, 6.07) is 13.9. The van der Waals surface area contributed by atoms with Crippen molar-refractivity contribution in [3.8, 4) is 5.75 Å². The molecule has 7 heteroatoms. The van der Waals surface area contributed by atoms with Crippen LogP contribution in [0, 0.1) is 0 Å². The minimum Gasteiger partial charge on any atom is -0.465 e. The van der Waals surface area contributed by atoms with Crippen molar-refractivity contribution >= 4 is 23.6 Å². The zero-order valence-corrected chi connectivity index (χ0v) is 10.8. The maximum Gasteiger partial charge on any atom is 0.444 e. The first kappa shape index (κ1) is 14.4. The molecule has 0 saturated heterocycles. The predicted molar refractivity (Wildman–Crippen MR) is 74.8 cm³/mol. The smallest absolute Gasteiger partial charge is 0.444 e. The van der Waals surface area contributed by atoms with E-state index in [4.69, 9.17) is 9.84 Å². The summed E-state index contributed by atoms with van der Waals surface area (Å²) >= 11 is 0. The molecule has 0 aliphatic rings. The summed E-state index contributed by atoms with van der Waals surface area (Å²) in [4.78, 5) is 22.3. The molecule has 0 saturated carbocycles. The quantitative estimate of drug-likeness (QED) is 0.595. The second kappa shape index (κ2) is 6.40. The van der Waals surface area contributed by atoms with Crippen molar-refractivity contribution in [2.45, 2.75) is 0 Å². The Kier molecular flexibility index (Phi) is 4.37. The molecular formula is C14H12N2O5. The Morgan fingerprint density at radius 1 is 1.05 bits per heavy atom. The third-order valence-corrected chi connectivity index (χ3v) is 2.46. The fourth-order valence-corrected chi connectivity index (χ4v) is 1.58. The van der Waals surface area contributed by atoms with Gasteiger partial charge in [0, 0.05) is 11.8 Å². The molecule has 0 atom stereocenters. The van der Waals surface area contributed by atoms with Crippen LogP contribution in [0.4, 0.5) is 21.0 Å². The van der Waals surface area contributed by atoms with Gasteiger partial charge in [0.05, 0.1) is 5.69 Å². The van der Waals surface area contributed by atoms with Gasteiger partial charge in [-0.1, -0.05) is 24.3 Å². The Hall–Kier alpha value is -3.06. The largest absolute Gasteiger partial charge is 0.465 e. The van der Waals surface area contributed by atoms with Gasteiger partial charge >= 0.3 is 12.2 Å². The van der Waals surface area contributed by atoms with E-state index in [1.54, 1.807) is 18.2 Å². The molecule has 0 bridgehead atoms. The molecular weight excluding hydrogens is 276 g/mol. The highest BCUT2D eigenvalue weighted by atomic mass is 16.6. The molecule has 2 aromatic rings. The number of amides is 2. The summed E-state index contributed by atoms with van der Waals surface area (Å²) in [5.74, 6) is 0.0984. The second-order valence-corrected chi connectivity index (χ2v) is 3.97. The highest BCUT2D eigenvalue weighted by molar-refractivity contribution is 5.87. The Bertz CT molecular complexity index is 645. The molecule has 2 rings (SSSR count). The lowest BCUT2D eigenvalue weighted by molar-refractivity contribution is 0.166. The average Bonchev–Trinajstić information content (AvgIpc) is 2.47.